The molecule has 0 bridgehead atoms. The summed E-state index contributed by atoms with van der Waals surface area (Å²) in [4.78, 5) is 0. The molecule has 4 N–H and O–H groups in total. The number of aromatic hydroxyl groups is 4. The number of hydrogen-bond acceptors (Lipinski definition) is 4. The molecule has 5 rings (SSSR count). The largest absolute Gasteiger partial charge is 0.504 e. The molecule has 2 aliphatic rings. The van der Waals surface area contributed by atoms with Crippen molar-refractivity contribution in [1.29, 1.82) is 0 Å². The Kier molecular flexibility index (Phi) is 3.71. The first-order valence-electron chi connectivity index (χ1n) is 9.53. The lowest BCUT2D eigenvalue weighted by atomic mass is 9.63. The molecule has 2 aliphatic carbocycles. The maximum Gasteiger partial charge on any atom is 0.157 e. The predicted octanol–water partition coefficient (Wildman–Crippen LogP) is 4.68. The molecule has 0 heterocycles. The first kappa shape index (κ1) is 17.4. The molecular weight excluding hydrogens is 364 g/mol. The van der Waals surface area contributed by atoms with Crippen LogP contribution in [0.25, 0.3) is 0 Å². The Bertz CT molecular complexity index is 1120. The Morgan fingerprint density at radius 3 is 1.83 bits per heavy atom. The van der Waals surface area contributed by atoms with E-state index >= 15 is 0 Å². The van der Waals surface area contributed by atoms with E-state index in [0.29, 0.717) is 0 Å². The van der Waals surface area contributed by atoms with Crippen molar-refractivity contribution in [2.75, 3.05) is 0 Å². The van der Waals surface area contributed by atoms with Gasteiger partial charge in [-0.2, -0.15) is 0 Å². The molecule has 2 unspecified atom stereocenters. The fourth-order valence-corrected chi connectivity index (χ4v) is 5.04. The van der Waals surface area contributed by atoms with E-state index in [0.717, 1.165) is 16.7 Å². The van der Waals surface area contributed by atoms with Gasteiger partial charge in [0.15, 0.2) is 23.0 Å². The summed E-state index contributed by atoms with van der Waals surface area (Å²) in [5.74, 6) is -0.623. The van der Waals surface area contributed by atoms with E-state index in [4.69, 9.17) is 0 Å². The highest BCUT2D eigenvalue weighted by atomic mass is 16.3. The molecule has 0 amide bonds. The third-order valence-corrected chi connectivity index (χ3v) is 6.24. The Labute approximate surface area is 168 Å². The van der Waals surface area contributed by atoms with E-state index in [1.807, 2.05) is 36.4 Å². The zero-order chi connectivity index (χ0) is 20.2. The van der Waals surface area contributed by atoms with Gasteiger partial charge in [0, 0.05) is 11.8 Å². The molecule has 4 nitrogen and oxygen atoms in total. The summed E-state index contributed by atoms with van der Waals surface area (Å²) < 4.78 is 0. The summed E-state index contributed by atoms with van der Waals surface area (Å²) >= 11 is 0. The molecule has 3 aromatic carbocycles. The average molecular weight is 384 g/mol. The van der Waals surface area contributed by atoms with Gasteiger partial charge in [-0.15, -0.1) is 0 Å². The van der Waals surface area contributed by atoms with Crippen molar-refractivity contribution in [3.8, 4) is 23.0 Å². The van der Waals surface area contributed by atoms with Crippen molar-refractivity contribution in [3.63, 3.8) is 0 Å². The third-order valence-electron chi connectivity index (χ3n) is 6.24. The molecular formula is C25H20O4. The van der Waals surface area contributed by atoms with Crippen LogP contribution >= 0.6 is 0 Å². The minimum atomic E-state index is -0.709. The van der Waals surface area contributed by atoms with Gasteiger partial charge < -0.3 is 20.4 Å². The van der Waals surface area contributed by atoms with E-state index in [2.05, 4.69) is 24.3 Å². The SMILES string of the molecule is Oc1ccc(C2(c3ccc(O)c(O)c3)c3ccccc3C3C=CC=CC32)cc1O. The second-order valence-electron chi connectivity index (χ2n) is 7.62. The number of allylic oxidation sites excluding steroid dienone is 4. The smallest absolute Gasteiger partial charge is 0.157 e. The van der Waals surface area contributed by atoms with Crippen LogP contribution in [0.3, 0.4) is 0 Å². The lowest BCUT2D eigenvalue weighted by Crippen LogP contribution is -2.35. The Morgan fingerprint density at radius 1 is 0.621 bits per heavy atom. The molecule has 2 atom stereocenters. The van der Waals surface area contributed by atoms with E-state index in [9.17, 15) is 20.4 Å². The minimum absolute atomic E-state index is 0.00205. The van der Waals surface area contributed by atoms with Crippen molar-refractivity contribution in [3.05, 3.63) is 107 Å². The highest BCUT2D eigenvalue weighted by Crippen LogP contribution is 2.60. The number of phenolic OH excluding ortho intramolecular Hbond substituents is 4. The average Bonchev–Trinajstić information content (AvgIpc) is 3.04. The summed E-state index contributed by atoms with van der Waals surface area (Å²) in [5, 5.41) is 40.4. The molecule has 144 valence electrons. The van der Waals surface area contributed by atoms with Crippen LogP contribution in [0.4, 0.5) is 0 Å². The van der Waals surface area contributed by atoms with E-state index < -0.39 is 5.41 Å². The zero-order valence-corrected chi connectivity index (χ0v) is 15.5. The van der Waals surface area contributed by atoms with Crippen molar-refractivity contribution in [2.24, 2.45) is 5.92 Å². The monoisotopic (exact) mass is 384 g/mol. The fraction of sp³-hybridized carbons (Fsp3) is 0.120. The standard InChI is InChI=1S/C25H20O4/c26-21-11-9-15(13-23(21)28)25(16-10-12-22(27)24(29)14-16)19-7-3-1-5-17(19)18-6-2-4-8-20(18)25/h1-14,17,19,26-29H. The van der Waals surface area contributed by atoms with Crippen LogP contribution in [0, 0.1) is 5.92 Å². The van der Waals surface area contributed by atoms with Crippen LogP contribution in [0.5, 0.6) is 23.0 Å². The summed E-state index contributed by atoms with van der Waals surface area (Å²) in [7, 11) is 0. The molecule has 29 heavy (non-hydrogen) atoms. The van der Waals surface area contributed by atoms with Gasteiger partial charge in [-0.25, -0.2) is 0 Å². The van der Waals surface area contributed by atoms with Crippen molar-refractivity contribution in [1.82, 2.24) is 0 Å². The van der Waals surface area contributed by atoms with Gasteiger partial charge in [0.05, 0.1) is 5.41 Å². The van der Waals surface area contributed by atoms with E-state index in [1.54, 1.807) is 12.1 Å². The number of hydrogen-bond donors (Lipinski definition) is 4. The second kappa shape index (κ2) is 6.17. The number of fused-ring (bicyclic) bond motifs is 3. The van der Waals surface area contributed by atoms with Gasteiger partial charge in [0.25, 0.3) is 0 Å². The van der Waals surface area contributed by atoms with Gasteiger partial charge >= 0.3 is 0 Å². The highest BCUT2D eigenvalue weighted by Gasteiger charge is 2.53. The maximum absolute atomic E-state index is 10.3. The predicted molar refractivity (Wildman–Crippen MR) is 110 cm³/mol. The van der Waals surface area contributed by atoms with Crippen LogP contribution in [0.15, 0.2) is 85.0 Å². The van der Waals surface area contributed by atoms with Gasteiger partial charge in [0.1, 0.15) is 0 Å². The highest BCUT2D eigenvalue weighted by molar-refractivity contribution is 5.65. The maximum atomic E-state index is 10.3. The normalized spacial score (nSPS) is 21.0. The molecule has 0 saturated heterocycles. The van der Waals surface area contributed by atoms with Crippen LogP contribution in [0.1, 0.15) is 28.2 Å². The third kappa shape index (κ3) is 2.32. The van der Waals surface area contributed by atoms with Gasteiger partial charge in [-0.1, -0.05) is 60.7 Å². The lowest BCUT2D eigenvalue weighted by molar-refractivity contribution is 0.394. The van der Waals surface area contributed by atoms with Gasteiger partial charge in [-0.3, -0.25) is 0 Å². The van der Waals surface area contributed by atoms with E-state index in [-0.39, 0.29) is 34.8 Å². The molecule has 0 fully saturated rings. The molecule has 0 saturated carbocycles. The van der Waals surface area contributed by atoms with Crippen molar-refractivity contribution in [2.45, 2.75) is 11.3 Å². The molecule has 4 heteroatoms. The first-order valence-corrected chi connectivity index (χ1v) is 9.53. The number of phenols is 4. The van der Waals surface area contributed by atoms with Crippen molar-refractivity contribution < 1.29 is 20.4 Å². The zero-order valence-electron chi connectivity index (χ0n) is 15.5. The minimum Gasteiger partial charge on any atom is -0.504 e. The first-order chi connectivity index (χ1) is 14.0. The Balaban J connectivity index is 1.90. The lowest BCUT2D eigenvalue weighted by Gasteiger charge is -2.39. The topological polar surface area (TPSA) is 80.9 Å². The molecule has 0 spiro atoms. The van der Waals surface area contributed by atoms with Crippen LogP contribution in [0.2, 0.25) is 0 Å². The molecule has 3 aromatic rings. The summed E-state index contributed by atoms with van der Waals surface area (Å²) in [6.07, 6.45) is 8.38. The van der Waals surface area contributed by atoms with Crippen LogP contribution in [-0.2, 0) is 5.41 Å². The number of rotatable bonds is 2. The van der Waals surface area contributed by atoms with Crippen molar-refractivity contribution >= 4 is 0 Å². The molecule has 0 aromatic heterocycles. The summed E-state index contributed by atoms with van der Waals surface area (Å²) in [6.45, 7) is 0. The Hall–Kier alpha value is -3.66. The Morgan fingerprint density at radius 2 is 1.21 bits per heavy atom. The van der Waals surface area contributed by atoms with E-state index in [1.165, 1.54) is 17.7 Å². The second-order valence-corrected chi connectivity index (χ2v) is 7.62. The van der Waals surface area contributed by atoms with Gasteiger partial charge in [0.2, 0.25) is 0 Å². The molecule has 0 aliphatic heterocycles. The fourth-order valence-electron chi connectivity index (χ4n) is 5.04. The van der Waals surface area contributed by atoms with Gasteiger partial charge in [-0.05, 0) is 46.5 Å². The summed E-state index contributed by atoms with van der Waals surface area (Å²) in [6, 6.07) is 18.0. The molecule has 0 radical (unpaired) electrons. The van der Waals surface area contributed by atoms with Crippen LogP contribution < -0.4 is 0 Å². The summed E-state index contributed by atoms with van der Waals surface area (Å²) in [5.41, 5.74) is 3.15. The van der Waals surface area contributed by atoms with Crippen LogP contribution in [-0.4, -0.2) is 20.4 Å². The number of benzene rings is 3. The quantitative estimate of drug-likeness (QED) is 0.484.